The van der Waals surface area contributed by atoms with Gasteiger partial charge in [0.15, 0.2) is 0 Å². The Morgan fingerprint density at radius 2 is 2.04 bits per heavy atom. The molecule has 2 aromatic carbocycles. The van der Waals surface area contributed by atoms with Gasteiger partial charge in [-0.05, 0) is 72.4 Å². The van der Waals surface area contributed by atoms with Crippen LogP contribution in [-0.2, 0) is 4.74 Å². The SMILES string of the molecule is Cc1c(Cl)cccc1[C@@H]1C[C@H]1COC(=O)N1C[C@@H]2C[C@@H]2c2c(Br)cccc21. The van der Waals surface area contributed by atoms with E-state index in [1.165, 1.54) is 11.1 Å². The van der Waals surface area contributed by atoms with Gasteiger partial charge in [-0.2, -0.15) is 0 Å². The molecule has 0 unspecified atom stereocenters. The maximum Gasteiger partial charge on any atom is 0.414 e. The first-order valence-electron chi connectivity index (χ1n) is 9.52. The molecule has 0 aromatic heterocycles. The van der Waals surface area contributed by atoms with Gasteiger partial charge in [-0.1, -0.05) is 45.7 Å². The highest BCUT2D eigenvalue weighted by Crippen LogP contribution is 2.57. The number of amides is 1. The number of carbonyl (C=O) groups is 1. The van der Waals surface area contributed by atoms with Crippen LogP contribution in [0.15, 0.2) is 40.9 Å². The van der Waals surface area contributed by atoms with Crippen LogP contribution in [0.3, 0.4) is 0 Å². The van der Waals surface area contributed by atoms with Crippen LogP contribution in [0.1, 0.15) is 41.4 Å². The summed E-state index contributed by atoms with van der Waals surface area (Å²) in [6.07, 6.45) is 2.01. The van der Waals surface area contributed by atoms with Crippen molar-refractivity contribution in [1.82, 2.24) is 0 Å². The number of fused-ring (bicyclic) bond motifs is 3. The Morgan fingerprint density at radius 1 is 1.22 bits per heavy atom. The van der Waals surface area contributed by atoms with Crippen molar-refractivity contribution in [3.05, 3.63) is 62.6 Å². The topological polar surface area (TPSA) is 29.5 Å². The fourth-order valence-corrected chi connectivity index (χ4v) is 5.36. The first kappa shape index (κ1) is 17.6. The Bertz CT molecular complexity index is 931. The quantitative estimate of drug-likeness (QED) is 0.555. The van der Waals surface area contributed by atoms with Gasteiger partial charge in [-0.15, -0.1) is 0 Å². The first-order valence-corrected chi connectivity index (χ1v) is 10.7. The fourth-order valence-electron chi connectivity index (χ4n) is 4.53. The summed E-state index contributed by atoms with van der Waals surface area (Å²) in [7, 11) is 0. The van der Waals surface area contributed by atoms with Crippen molar-refractivity contribution >= 4 is 39.3 Å². The van der Waals surface area contributed by atoms with Crippen molar-refractivity contribution in [3.8, 4) is 0 Å². The van der Waals surface area contributed by atoms with Gasteiger partial charge in [-0.3, -0.25) is 4.90 Å². The number of anilines is 1. The minimum Gasteiger partial charge on any atom is -0.449 e. The highest BCUT2D eigenvalue weighted by molar-refractivity contribution is 9.10. The van der Waals surface area contributed by atoms with Gasteiger partial charge in [-0.25, -0.2) is 4.79 Å². The Morgan fingerprint density at radius 3 is 2.89 bits per heavy atom. The molecule has 5 heteroatoms. The van der Waals surface area contributed by atoms with E-state index in [-0.39, 0.29) is 6.09 Å². The van der Waals surface area contributed by atoms with E-state index in [2.05, 4.69) is 35.0 Å². The first-order chi connectivity index (χ1) is 13.0. The van der Waals surface area contributed by atoms with Crippen LogP contribution in [0.5, 0.6) is 0 Å². The maximum atomic E-state index is 12.8. The normalized spacial score (nSPS) is 27.6. The number of hydrogen-bond acceptors (Lipinski definition) is 2. The lowest BCUT2D eigenvalue weighted by atomic mass is 10.0. The fraction of sp³-hybridized carbons (Fsp3) is 0.409. The van der Waals surface area contributed by atoms with Crippen LogP contribution >= 0.6 is 27.5 Å². The molecule has 1 aliphatic heterocycles. The lowest BCUT2D eigenvalue weighted by Crippen LogP contribution is -2.36. The minimum atomic E-state index is -0.215. The molecule has 2 aliphatic carbocycles. The van der Waals surface area contributed by atoms with Crippen LogP contribution in [0, 0.1) is 18.8 Å². The molecule has 0 bridgehead atoms. The van der Waals surface area contributed by atoms with E-state index < -0.39 is 0 Å². The van der Waals surface area contributed by atoms with E-state index in [4.69, 9.17) is 16.3 Å². The average molecular weight is 447 g/mol. The predicted octanol–water partition coefficient (Wildman–Crippen LogP) is 6.27. The summed E-state index contributed by atoms with van der Waals surface area (Å²) < 4.78 is 6.83. The highest BCUT2D eigenvalue weighted by atomic mass is 79.9. The molecule has 0 N–H and O–H groups in total. The van der Waals surface area contributed by atoms with Crippen molar-refractivity contribution < 1.29 is 9.53 Å². The molecule has 2 saturated carbocycles. The molecule has 27 heavy (non-hydrogen) atoms. The molecular weight excluding hydrogens is 426 g/mol. The van der Waals surface area contributed by atoms with Gasteiger partial charge in [0.2, 0.25) is 0 Å². The van der Waals surface area contributed by atoms with Crippen LogP contribution in [0.4, 0.5) is 10.5 Å². The summed E-state index contributed by atoms with van der Waals surface area (Å²) in [6, 6.07) is 12.1. The van der Waals surface area contributed by atoms with Crippen LogP contribution in [0.25, 0.3) is 0 Å². The van der Waals surface area contributed by atoms with Crippen molar-refractivity contribution in [2.45, 2.75) is 31.6 Å². The average Bonchev–Trinajstić information content (AvgIpc) is 3.56. The van der Waals surface area contributed by atoms with Gasteiger partial charge in [0, 0.05) is 22.0 Å². The van der Waals surface area contributed by atoms with Gasteiger partial charge in [0.1, 0.15) is 0 Å². The maximum absolute atomic E-state index is 12.8. The molecule has 3 nitrogen and oxygen atoms in total. The van der Waals surface area contributed by atoms with E-state index in [1.54, 1.807) is 0 Å². The summed E-state index contributed by atoms with van der Waals surface area (Å²) in [5.41, 5.74) is 4.71. The van der Waals surface area contributed by atoms with Crippen LogP contribution in [0.2, 0.25) is 5.02 Å². The van der Waals surface area contributed by atoms with Gasteiger partial charge in [0.05, 0.1) is 12.3 Å². The number of hydrogen-bond donors (Lipinski definition) is 0. The summed E-state index contributed by atoms with van der Waals surface area (Å²) in [6.45, 7) is 3.31. The van der Waals surface area contributed by atoms with Gasteiger partial charge in [0.25, 0.3) is 0 Å². The summed E-state index contributed by atoms with van der Waals surface area (Å²) in [5, 5.41) is 0.810. The molecule has 1 amide bonds. The minimum absolute atomic E-state index is 0.215. The van der Waals surface area contributed by atoms with Crippen LogP contribution < -0.4 is 4.90 Å². The monoisotopic (exact) mass is 445 g/mol. The lowest BCUT2D eigenvalue weighted by molar-refractivity contribution is 0.147. The summed E-state index contributed by atoms with van der Waals surface area (Å²) >= 11 is 9.90. The number of carbonyl (C=O) groups excluding carboxylic acids is 1. The number of benzene rings is 2. The molecule has 2 fully saturated rings. The predicted molar refractivity (Wildman–Crippen MR) is 111 cm³/mol. The van der Waals surface area contributed by atoms with Crippen molar-refractivity contribution in [2.75, 3.05) is 18.1 Å². The Balaban J connectivity index is 1.26. The zero-order chi connectivity index (χ0) is 18.7. The zero-order valence-electron chi connectivity index (χ0n) is 15.1. The Kier molecular flexibility index (Phi) is 4.25. The van der Waals surface area contributed by atoms with Crippen molar-refractivity contribution in [2.24, 2.45) is 11.8 Å². The molecule has 0 spiro atoms. The molecule has 1 heterocycles. The largest absolute Gasteiger partial charge is 0.449 e. The Hall–Kier alpha value is -1.52. The number of ether oxygens (including phenoxy) is 1. The molecule has 3 aliphatic rings. The molecular formula is C22H21BrClNO2. The number of rotatable bonds is 3. The zero-order valence-corrected chi connectivity index (χ0v) is 17.5. The van der Waals surface area contributed by atoms with E-state index in [0.29, 0.717) is 30.3 Å². The van der Waals surface area contributed by atoms with Crippen LogP contribution in [-0.4, -0.2) is 19.2 Å². The third-order valence-electron chi connectivity index (χ3n) is 6.30. The number of nitrogens with zero attached hydrogens (tertiary/aromatic N) is 1. The summed E-state index contributed by atoms with van der Waals surface area (Å²) in [5.74, 6) is 2.02. The second-order valence-corrected chi connectivity index (χ2v) is 9.28. The van der Waals surface area contributed by atoms with Crippen molar-refractivity contribution in [3.63, 3.8) is 0 Å². The van der Waals surface area contributed by atoms with E-state index in [0.717, 1.165) is 40.1 Å². The van der Waals surface area contributed by atoms with E-state index in [9.17, 15) is 4.79 Å². The molecule has 5 rings (SSSR count). The second-order valence-electron chi connectivity index (χ2n) is 8.02. The molecule has 2 aromatic rings. The molecule has 4 atom stereocenters. The van der Waals surface area contributed by atoms with E-state index >= 15 is 0 Å². The molecule has 140 valence electrons. The van der Waals surface area contributed by atoms with Crippen molar-refractivity contribution in [1.29, 1.82) is 0 Å². The smallest absolute Gasteiger partial charge is 0.414 e. The highest BCUT2D eigenvalue weighted by Gasteiger charge is 2.48. The lowest BCUT2D eigenvalue weighted by Gasteiger charge is -2.29. The standard InChI is InChI=1S/C22H21BrClNO2/c1-12-15(4-2-6-19(12)24)16-9-14(16)11-27-22(26)25-10-13-8-17(13)21-18(23)5-3-7-20(21)25/h2-7,13-14,16-17H,8-11H2,1H3/t13-,14-,16+,17-/m0/s1. The number of halogens is 2. The van der Waals surface area contributed by atoms with Gasteiger partial charge >= 0.3 is 6.09 Å². The van der Waals surface area contributed by atoms with E-state index in [1.807, 2.05) is 29.2 Å². The molecule has 0 saturated heterocycles. The summed E-state index contributed by atoms with van der Waals surface area (Å²) in [4.78, 5) is 14.6. The Labute approximate surface area is 172 Å². The molecule has 0 radical (unpaired) electrons. The van der Waals surface area contributed by atoms with Gasteiger partial charge < -0.3 is 4.74 Å². The second kappa shape index (κ2) is 6.52. The third-order valence-corrected chi connectivity index (χ3v) is 7.41. The third kappa shape index (κ3) is 3.07.